The lowest BCUT2D eigenvalue weighted by Gasteiger charge is -2.13. The number of carbonyl (C=O) groups is 1. The maximum Gasteiger partial charge on any atom is 0.223 e. The molecule has 0 aromatic heterocycles. The van der Waals surface area contributed by atoms with Crippen LogP contribution in [-0.4, -0.2) is 30.5 Å². The standard InChI is InChI=1S/C16H18N2O3/c1-11(18-20)13-8-7-12-5-3-4-6-14(12)16(13)21-10-9-15(19)17-2/h3-8,20H,9-10H2,1-2H3,(H,17,19). The third-order valence-corrected chi connectivity index (χ3v) is 3.27. The van der Waals surface area contributed by atoms with Gasteiger partial charge in [0, 0.05) is 18.0 Å². The van der Waals surface area contributed by atoms with Gasteiger partial charge in [0.1, 0.15) is 5.75 Å². The molecule has 2 aromatic rings. The van der Waals surface area contributed by atoms with E-state index in [2.05, 4.69) is 10.5 Å². The first-order valence-corrected chi connectivity index (χ1v) is 6.71. The van der Waals surface area contributed by atoms with Crippen LogP contribution in [-0.2, 0) is 4.79 Å². The summed E-state index contributed by atoms with van der Waals surface area (Å²) in [4.78, 5) is 11.3. The Labute approximate surface area is 123 Å². The third-order valence-electron chi connectivity index (χ3n) is 3.27. The molecule has 0 unspecified atom stereocenters. The Bertz CT molecular complexity index is 680. The first-order chi connectivity index (χ1) is 10.2. The van der Waals surface area contributed by atoms with Crippen molar-refractivity contribution in [2.45, 2.75) is 13.3 Å². The predicted molar refractivity (Wildman–Crippen MR) is 82.1 cm³/mol. The topological polar surface area (TPSA) is 70.9 Å². The van der Waals surface area contributed by atoms with Gasteiger partial charge in [0.15, 0.2) is 0 Å². The molecule has 0 aliphatic carbocycles. The molecule has 2 rings (SSSR count). The summed E-state index contributed by atoms with van der Waals surface area (Å²) in [5, 5.41) is 16.8. The number of hydrogen-bond donors (Lipinski definition) is 2. The Morgan fingerprint density at radius 2 is 2.05 bits per heavy atom. The van der Waals surface area contributed by atoms with Crippen molar-refractivity contribution < 1.29 is 14.7 Å². The summed E-state index contributed by atoms with van der Waals surface area (Å²) in [6.45, 7) is 1.97. The number of amides is 1. The molecule has 2 N–H and O–H groups in total. The molecule has 0 saturated heterocycles. The maximum absolute atomic E-state index is 11.3. The first kappa shape index (κ1) is 14.8. The number of oxime groups is 1. The van der Waals surface area contributed by atoms with Crippen LogP contribution in [0.2, 0.25) is 0 Å². The van der Waals surface area contributed by atoms with Crippen molar-refractivity contribution >= 4 is 22.4 Å². The molecule has 5 heteroatoms. The van der Waals surface area contributed by atoms with Crippen molar-refractivity contribution in [3.63, 3.8) is 0 Å². The summed E-state index contributed by atoms with van der Waals surface area (Å²) < 4.78 is 5.79. The van der Waals surface area contributed by atoms with Gasteiger partial charge in [-0.15, -0.1) is 0 Å². The minimum Gasteiger partial charge on any atom is -0.492 e. The van der Waals surface area contributed by atoms with Gasteiger partial charge in [-0.25, -0.2) is 0 Å². The van der Waals surface area contributed by atoms with Gasteiger partial charge in [0.2, 0.25) is 5.91 Å². The Morgan fingerprint density at radius 1 is 1.29 bits per heavy atom. The predicted octanol–water partition coefficient (Wildman–Crippen LogP) is 2.55. The van der Waals surface area contributed by atoms with E-state index >= 15 is 0 Å². The number of fused-ring (bicyclic) bond motifs is 1. The number of ether oxygens (including phenoxy) is 1. The van der Waals surface area contributed by atoms with Crippen LogP contribution in [0.25, 0.3) is 10.8 Å². The SMILES string of the molecule is CNC(=O)CCOc1c(C(C)=NO)ccc2ccccc12. The van der Waals surface area contributed by atoms with Gasteiger partial charge < -0.3 is 15.3 Å². The average Bonchev–Trinajstić information content (AvgIpc) is 2.53. The van der Waals surface area contributed by atoms with Gasteiger partial charge in [0.25, 0.3) is 0 Å². The van der Waals surface area contributed by atoms with E-state index in [9.17, 15) is 4.79 Å². The van der Waals surface area contributed by atoms with Crippen LogP contribution in [0, 0.1) is 0 Å². The monoisotopic (exact) mass is 286 g/mol. The zero-order chi connectivity index (χ0) is 15.2. The second kappa shape index (κ2) is 6.74. The van der Waals surface area contributed by atoms with Gasteiger partial charge >= 0.3 is 0 Å². The van der Waals surface area contributed by atoms with Gasteiger partial charge in [-0.3, -0.25) is 4.79 Å². The minimum absolute atomic E-state index is 0.0793. The Balaban J connectivity index is 2.39. The van der Waals surface area contributed by atoms with Crippen LogP contribution in [0.5, 0.6) is 5.75 Å². The fourth-order valence-corrected chi connectivity index (χ4v) is 2.11. The average molecular weight is 286 g/mol. The Kier molecular flexibility index (Phi) is 4.77. The second-order valence-electron chi connectivity index (χ2n) is 4.62. The van der Waals surface area contributed by atoms with Crippen LogP contribution < -0.4 is 10.1 Å². The van der Waals surface area contributed by atoms with Gasteiger partial charge in [0.05, 0.1) is 18.7 Å². The minimum atomic E-state index is -0.0793. The molecule has 0 saturated carbocycles. The van der Waals surface area contributed by atoms with Crippen molar-refractivity contribution in [2.75, 3.05) is 13.7 Å². The van der Waals surface area contributed by atoms with Crippen molar-refractivity contribution in [1.82, 2.24) is 5.32 Å². The molecular weight excluding hydrogens is 268 g/mol. The fraction of sp³-hybridized carbons (Fsp3) is 0.250. The largest absolute Gasteiger partial charge is 0.492 e. The highest BCUT2D eigenvalue weighted by Gasteiger charge is 2.12. The summed E-state index contributed by atoms with van der Waals surface area (Å²) >= 11 is 0. The Hall–Kier alpha value is -2.56. The molecule has 110 valence electrons. The summed E-state index contributed by atoms with van der Waals surface area (Å²) in [5.74, 6) is 0.552. The smallest absolute Gasteiger partial charge is 0.223 e. The molecule has 0 spiro atoms. The Morgan fingerprint density at radius 3 is 2.76 bits per heavy atom. The van der Waals surface area contributed by atoms with Gasteiger partial charge in [-0.1, -0.05) is 35.5 Å². The van der Waals surface area contributed by atoms with Gasteiger partial charge in [-0.2, -0.15) is 0 Å². The van der Waals surface area contributed by atoms with Crippen molar-refractivity contribution in [2.24, 2.45) is 5.16 Å². The van der Waals surface area contributed by atoms with E-state index in [0.717, 1.165) is 10.8 Å². The highest BCUT2D eigenvalue weighted by atomic mass is 16.5. The third kappa shape index (κ3) is 3.31. The van der Waals surface area contributed by atoms with E-state index < -0.39 is 0 Å². The van der Waals surface area contributed by atoms with E-state index in [4.69, 9.17) is 9.94 Å². The molecule has 21 heavy (non-hydrogen) atoms. The lowest BCUT2D eigenvalue weighted by molar-refractivity contribution is -0.121. The van der Waals surface area contributed by atoms with Crippen molar-refractivity contribution in [3.05, 3.63) is 42.0 Å². The van der Waals surface area contributed by atoms with Crippen LogP contribution in [0.1, 0.15) is 18.9 Å². The summed E-state index contributed by atoms with van der Waals surface area (Å²) in [6, 6.07) is 11.6. The molecule has 0 bridgehead atoms. The van der Waals surface area contributed by atoms with Crippen LogP contribution in [0.15, 0.2) is 41.6 Å². The molecular formula is C16H18N2O3. The molecule has 1 amide bonds. The summed E-state index contributed by atoms with van der Waals surface area (Å²) in [7, 11) is 1.59. The van der Waals surface area contributed by atoms with E-state index in [0.29, 0.717) is 17.0 Å². The van der Waals surface area contributed by atoms with Crippen molar-refractivity contribution in [3.8, 4) is 5.75 Å². The molecule has 2 aromatic carbocycles. The van der Waals surface area contributed by atoms with E-state index in [1.54, 1.807) is 14.0 Å². The molecule has 0 aliphatic rings. The molecule has 0 radical (unpaired) electrons. The number of nitrogens with zero attached hydrogens (tertiary/aromatic N) is 1. The molecule has 0 atom stereocenters. The zero-order valence-electron chi connectivity index (χ0n) is 12.1. The maximum atomic E-state index is 11.3. The van der Waals surface area contributed by atoms with E-state index in [1.807, 2.05) is 36.4 Å². The summed E-state index contributed by atoms with van der Waals surface area (Å²) in [6.07, 6.45) is 0.272. The quantitative estimate of drug-likeness (QED) is 0.504. The number of nitrogens with one attached hydrogen (secondary N) is 1. The molecule has 0 fully saturated rings. The molecule has 5 nitrogen and oxygen atoms in total. The molecule has 0 heterocycles. The first-order valence-electron chi connectivity index (χ1n) is 6.71. The van der Waals surface area contributed by atoms with Crippen molar-refractivity contribution in [1.29, 1.82) is 0 Å². The number of benzene rings is 2. The van der Waals surface area contributed by atoms with Crippen LogP contribution >= 0.6 is 0 Å². The lowest BCUT2D eigenvalue weighted by atomic mass is 10.0. The lowest BCUT2D eigenvalue weighted by Crippen LogP contribution is -2.20. The normalized spacial score (nSPS) is 11.4. The number of hydrogen-bond acceptors (Lipinski definition) is 4. The number of rotatable bonds is 5. The summed E-state index contributed by atoms with van der Waals surface area (Å²) in [5.41, 5.74) is 1.18. The van der Waals surface area contributed by atoms with Crippen LogP contribution in [0.4, 0.5) is 0 Å². The van der Waals surface area contributed by atoms with Gasteiger partial charge in [-0.05, 0) is 18.4 Å². The highest BCUT2D eigenvalue weighted by Crippen LogP contribution is 2.30. The van der Waals surface area contributed by atoms with Crippen LogP contribution in [0.3, 0.4) is 0 Å². The fourth-order valence-electron chi connectivity index (χ4n) is 2.11. The highest BCUT2D eigenvalue weighted by molar-refractivity contribution is 6.06. The zero-order valence-corrected chi connectivity index (χ0v) is 12.1. The second-order valence-corrected chi connectivity index (χ2v) is 4.62. The number of carbonyl (C=O) groups excluding carboxylic acids is 1. The van der Waals surface area contributed by atoms with E-state index in [-0.39, 0.29) is 18.9 Å². The van der Waals surface area contributed by atoms with E-state index in [1.165, 1.54) is 0 Å². The molecule has 0 aliphatic heterocycles.